The first-order chi connectivity index (χ1) is 9.71. The summed E-state index contributed by atoms with van der Waals surface area (Å²) in [7, 11) is 3.50. The fourth-order valence-corrected chi connectivity index (χ4v) is 2.39. The molecule has 1 rings (SSSR count). The molecule has 0 amide bonds. The standard InChI is InChI=1S/C14H31N5O.HI/c1-5-18-7-9-19(10-8-18)13(2)12-17-14(15-3)16-6-11-20-4;/h13H,5-12H2,1-4H3,(H2,15,16,17);1H. The van der Waals surface area contributed by atoms with Crippen molar-refractivity contribution < 1.29 is 4.74 Å². The molecular formula is C14H32IN5O. The molecule has 0 bridgehead atoms. The van der Waals surface area contributed by atoms with Gasteiger partial charge >= 0.3 is 0 Å². The lowest BCUT2D eigenvalue weighted by molar-refractivity contribution is 0.107. The maximum atomic E-state index is 5.02. The molecule has 0 aliphatic carbocycles. The van der Waals surface area contributed by atoms with Crippen molar-refractivity contribution >= 4 is 29.9 Å². The van der Waals surface area contributed by atoms with Gasteiger partial charge in [0.2, 0.25) is 0 Å². The fourth-order valence-electron chi connectivity index (χ4n) is 2.39. The second-order valence-electron chi connectivity index (χ2n) is 5.19. The van der Waals surface area contributed by atoms with Crippen LogP contribution in [0.4, 0.5) is 0 Å². The van der Waals surface area contributed by atoms with Gasteiger partial charge in [-0.3, -0.25) is 9.89 Å². The molecule has 7 heteroatoms. The summed E-state index contributed by atoms with van der Waals surface area (Å²) in [5.74, 6) is 0.848. The Balaban J connectivity index is 0.00000400. The Morgan fingerprint density at radius 1 is 1.24 bits per heavy atom. The van der Waals surface area contributed by atoms with E-state index in [2.05, 4.69) is 39.3 Å². The van der Waals surface area contributed by atoms with Crippen LogP contribution in [0.1, 0.15) is 13.8 Å². The highest BCUT2D eigenvalue weighted by Gasteiger charge is 2.19. The van der Waals surface area contributed by atoms with Crippen molar-refractivity contribution in [3.8, 4) is 0 Å². The maximum absolute atomic E-state index is 5.02. The van der Waals surface area contributed by atoms with Crippen LogP contribution in [0.25, 0.3) is 0 Å². The van der Waals surface area contributed by atoms with Crippen LogP contribution in [0.2, 0.25) is 0 Å². The third kappa shape index (κ3) is 8.18. The van der Waals surface area contributed by atoms with Gasteiger partial charge in [-0.2, -0.15) is 0 Å². The van der Waals surface area contributed by atoms with Gasteiger partial charge < -0.3 is 20.3 Å². The largest absolute Gasteiger partial charge is 0.383 e. The molecule has 126 valence electrons. The first kappa shape index (κ1) is 20.9. The zero-order chi connectivity index (χ0) is 14.8. The van der Waals surface area contributed by atoms with Crippen molar-refractivity contribution in [1.29, 1.82) is 0 Å². The number of nitrogens with zero attached hydrogens (tertiary/aromatic N) is 3. The summed E-state index contributed by atoms with van der Waals surface area (Å²) in [6, 6.07) is 0.523. The van der Waals surface area contributed by atoms with Crippen molar-refractivity contribution in [2.75, 3.05) is 66.6 Å². The number of methoxy groups -OCH3 is 1. The summed E-state index contributed by atoms with van der Waals surface area (Å²) in [5.41, 5.74) is 0. The van der Waals surface area contributed by atoms with Crippen molar-refractivity contribution in [2.45, 2.75) is 19.9 Å². The summed E-state index contributed by atoms with van der Waals surface area (Å²) in [6.07, 6.45) is 0. The quantitative estimate of drug-likeness (QED) is 0.275. The highest BCUT2D eigenvalue weighted by Crippen LogP contribution is 2.05. The smallest absolute Gasteiger partial charge is 0.191 e. The van der Waals surface area contributed by atoms with Gasteiger partial charge in [-0.25, -0.2) is 0 Å². The summed E-state index contributed by atoms with van der Waals surface area (Å²) in [6.45, 7) is 12.7. The lowest BCUT2D eigenvalue weighted by Crippen LogP contribution is -2.53. The van der Waals surface area contributed by atoms with E-state index in [1.165, 1.54) is 13.1 Å². The minimum atomic E-state index is 0. The maximum Gasteiger partial charge on any atom is 0.191 e. The van der Waals surface area contributed by atoms with E-state index in [0.29, 0.717) is 12.6 Å². The number of guanidine groups is 1. The van der Waals surface area contributed by atoms with Gasteiger partial charge in [-0.1, -0.05) is 6.92 Å². The Morgan fingerprint density at radius 2 is 1.90 bits per heavy atom. The Bertz CT molecular complexity index is 283. The molecule has 0 saturated carbocycles. The van der Waals surface area contributed by atoms with Crippen molar-refractivity contribution in [3.05, 3.63) is 0 Å². The summed E-state index contributed by atoms with van der Waals surface area (Å²) < 4.78 is 5.02. The zero-order valence-corrected chi connectivity index (χ0v) is 16.2. The number of rotatable bonds is 7. The predicted molar refractivity (Wildman–Crippen MR) is 99.8 cm³/mol. The molecule has 1 saturated heterocycles. The van der Waals surface area contributed by atoms with Gasteiger partial charge in [0.05, 0.1) is 6.61 Å². The topological polar surface area (TPSA) is 52.1 Å². The number of hydrogen-bond donors (Lipinski definition) is 2. The third-order valence-corrected chi connectivity index (χ3v) is 3.86. The molecule has 1 heterocycles. The molecule has 1 fully saturated rings. The molecule has 1 unspecified atom stereocenters. The third-order valence-electron chi connectivity index (χ3n) is 3.86. The van der Waals surface area contributed by atoms with Gasteiger partial charge in [-0.05, 0) is 13.5 Å². The minimum absolute atomic E-state index is 0. The Labute approximate surface area is 146 Å². The molecule has 0 spiro atoms. The van der Waals surface area contributed by atoms with E-state index < -0.39 is 0 Å². The first-order valence-electron chi connectivity index (χ1n) is 7.61. The first-order valence-corrected chi connectivity index (χ1v) is 7.61. The van der Waals surface area contributed by atoms with Gasteiger partial charge in [0.15, 0.2) is 5.96 Å². The van der Waals surface area contributed by atoms with E-state index >= 15 is 0 Å². The lowest BCUT2D eigenvalue weighted by atomic mass is 10.2. The van der Waals surface area contributed by atoms with Crippen LogP contribution in [0.5, 0.6) is 0 Å². The van der Waals surface area contributed by atoms with Crippen LogP contribution in [-0.4, -0.2) is 88.4 Å². The Kier molecular flexibility index (Phi) is 12.4. The minimum Gasteiger partial charge on any atom is -0.383 e. The van der Waals surface area contributed by atoms with Crippen molar-refractivity contribution in [1.82, 2.24) is 20.4 Å². The monoisotopic (exact) mass is 413 g/mol. The van der Waals surface area contributed by atoms with Crippen LogP contribution in [0, 0.1) is 0 Å². The van der Waals surface area contributed by atoms with Crippen LogP contribution in [-0.2, 0) is 4.74 Å². The molecule has 21 heavy (non-hydrogen) atoms. The van der Waals surface area contributed by atoms with E-state index in [4.69, 9.17) is 4.74 Å². The number of nitrogens with one attached hydrogen (secondary N) is 2. The summed E-state index contributed by atoms with van der Waals surface area (Å²) in [5, 5.41) is 6.61. The zero-order valence-electron chi connectivity index (χ0n) is 13.9. The van der Waals surface area contributed by atoms with Gasteiger partial charge in [0.1, 0.15) is 0 Å². The Hall–Kier alpha value is -0.120. The molecule has 1 atom stereocenters. The molecule has 0 aromatic carbocycles. The van der Waals surface area contributed by atoms with E-state index in [1.54, 1.807) is 14.2 Å². The molecule has 0 radical (unpaired) electrons. The van der Waals surface area contributed by atoms with Crippen molar-refractivity contribution in [3.63, 3.8) is 0 Å². The molecule has 2 N–H and O–H groups in total. The van der Waals surface area contributed by atoms with E-state index in [1.807, 2.05) is 0 Å². The van der Waals surface area contributed by atoms with E-state index in [-0.39, 0.29) is 24.0 Å². The molecule has 0 aromatic rings. The van der Waals surface area contributed by atoms with E-state index in [0.717, 1.165) is 38.7 Å². The normalized spacial score (nSPS) is 19.0. The number of likely N-dealkylation sites (N-methyl/N-ethyl adjacent to an activating group) is 1. The Morgan fingerprint density at radius 3 is 2.43 bits per heavy atom. The number of halogens is 1. The van der Waals surface area contributed by atoms with Crippen LogP contribution in [0.15, 0.2) is 4.99 Å². The average Bonchev–Trinajstić information content (AvgIpc) is 2.50. The van der Waals surface area contributed by atoms with Gasteiger partial charge in [0.25, 0.3) is 0 Å². The van der Waals surface area contributed by atoms with Crippen LogP contribution < -0.4 is 10.6 Å². The fraction of sp³-hybridized carbons (Fsp3) is 0.929. The summed E-state index contributed by atoms with van der Waals surface area (Å²) in [4.78, 5) is 9.26. The molecule has 0 aromatic heterocycles. The lowest BCUT2D eigenvalue weighted by Gasteiger charge is -2.37. The molecule has 1 aliphatic heterocycles. The van der Waals surface area contributed by atoms with Gasteiger partial charge in [0, 0.05) is 59.5 Å². The number of piperazine rings is 1. The average molecular weight is 413 g/mol. The molecule has 6 nitrogen and oxygen atoms in total. The number of hydrogen-bond acceptors (Lipinski definition) is 4. The summed E-state index contributed by atoms with van der Waals surface area (Å²) >= 11 is 0. The number of ether oxygens (including phenoxy) is 1. The molecule has 1 aliphatic rings. The second kappa shape index (κ2) is 12.4. The van der Waals surface area contributed by atoms with Gasteiger partial charge in [-0.15, -0.1) is 24.0 Å². The molecular weight excluding hydrogens is 381 g/mol. The van der Waals surface area contributed by atoms with Crippen molar-refractivity contribution in [2.24, 2.45) is 4.99 Å². The highest BCUT2D eigenvalue weighted by atomic mass is 127. The predicted octanol–water partition coefficient (Wildman–Crippen LogP) is 0.442. The number of aliphatic imine (C=N–C) groups is 1. The second-order valence-corrected chi connectivity index (χ2v) is 5.19. The van der Waals surface area contributed by atoms with E-state index in [9.17, 15) is 0 Å². The van der Waals surface area contributed by atoms with Crippen LogP contribution in [0.3, 0.4) is 0 Å². The highest BCUT2D eigenvalue weighted by molar-refractivity contribution is 14.0. The van der Waals surface area contributed by atoms with Crippen LogP contribution >= 0.6 is 24.0 Å². The SMILES string of the molecule is CCN1CCN(C(C)CNC(=NC)NCCOC)CC1.I.